The Hall–Kier alpha value is -3.35. The van der Waals surface area contributed by atoms with Crippen molar-refractivity contribution in [3.63, 3.8) is 0 Å². The van der Waals surface area contributed by atoms with Crippen LogP contribution in [-0.2, 0) is 21.0 Å². The highest BCUT2D eigenvalue weighted by molar-refractivity contribution is 7.90. The van der Waals surface area contributed by atoms with E-state index in [-0.39, 0.29) is 39.8 Å². The molecule has 0 unspecified atom stereocenters. The number of carbonyl (C=O) groups is 1. The van der Waals surface area contributed by atoms with E-state index >= 15 is 0 Å². The van der Waals surface area contributed by atoms with Crippen molar-refractivity contribution >= 4 is 33.3 Å². The molecule has 5 rings (SSSR count). The van der Waals surface area contributed by atoms with E-state index in [0.29, 0.717) is 25.3 Å². The summed E-state index contributed by atoms with van der Waals surface area (Å²) in [5.74, 6) is -0.537. The maximum atomic E-state index is 13.3. The van der Waals surface area contributed by atoms with Crippen LogP contribution in [0.2, 0.25) is 5.02 Å². The first-order valence-corrected chi connectivity index (χ1v) is 13.9. The van der Waals surface area contributed by atoms with Gasteiger partial charge in [-0.2, -0.15) is 21.6 Å². The summed E-state index contributed by atoms with van der Waals surface area (Å²) < 4.78 is 73.9. The molecule has 1 aliphatic heterocycles. The van der Waals surface area contributed by atoms with Crippen molar-refractivity contribution in [3.8, 4) is 16.9 Å². The van der Waals surface area contributed by atoms with Crippen molar-refractivity contribution in [1.82, 2.24) is 9.71 Å². The van der Waals surface area contributed by atoms with Crippen molar-refractivity contribution < 1.29 is 36.2 Å². The molecule has 0 bridgehead atoms. The molecule has 1 aliphatic carbocycles. The molecule has 3 aromatic rings. The van der Waals surface area contributed by atoms with Crippen LogP contribution in [0.25, 0.3) is 11.1 Å². The Kier molecular flexibility index (Phi) is 6.98. The first-order valence-electron chi connectivity index (χ1n) is 12.0. The molecule has 0 radical (unpaired) electrons. The fourth-order valence-corrected chi connectivity index (χ4v) is 5.50. The number of aromatic nitrogens is 1. The molecule has 1 saturated heterocycles. The minimum absolute atomic E-state index is 0.0413. The van der Waals surface area contributed by atoms with Crippen LogP contribution in [0.5, 0.6) is 5.75 Å². The molecule has 2 aliphatic rings. The van der Waals surface area contributed by atoms with E-state index in [1.807, 2.05) is 4.72 Å². The van der Waals surface area contributed by atoms with Gasteiger partial charge in [-0.1, -0.05) is 29.8 Å². The van der Waals surface area contributed by atoms with Gasteiger partial charge in [0, 0.05) is 36.5 Å². The maximum Gasteiger partial charge on any atom is 0.416 e. The molecule has 39 heavy (non-hydrogen) atoms. The Morgan fingerprint density at radius 2 is 1.87 bits per heavy atom. The summed E-state index contributed by atoms with van der Waals surface area (Å²) in [4.78, 5) is 19.1. The zero-order chi connectivity index (χ0) is 28.0. The number of alkyl halides is 3. The number of benzene rings is 2. The number of aliphatic hydroxyl groups is 1. The Labute approximate surface area is 227 Å². The van der Waals surface area contributed by atoms with Gasteiger partial charge in [0.05, 0.1) is 11.7 Å². The number of pyridine rings is 1. The van der Waals surface area contributed by atoms with Gasteiger partial charge in [0.25, 0.3) is 15.9 Å². The van der Waals surface area contributed by atoms with Crippen molar-refractivity contribution in [3.05, 3.63) is 71.2 Å². The fourth-order valence-electron chi connectivity index (χ4n) is 4.33. The van der Waals surface area contributed by atoms with Gasteiger partial charge in [0.15, 0.2) is 10.6 Å². The maximum absolute atomic E-state index is 13.3. The molecule has 1 amide bonds. The molecule has 2 fully saturated rings. The minimum Gasteiger partial charge on any atom is -0.477 e. The lowest BCUT2D eigenvalue weighted by molar-refractivity contribution is -0.137. The summed E-state index contributed by atoms with van der Waals surface area (Å²) in [6.45, 7) is 0.822. The fraction of sp³-hybridized carbons (Fsp3) is 0.308. The lowest BCUT2D eigenvalue weighted by Gasteiger charge is -2.21. The Bertz CT molecular complexity index is 1530. The number of amides is 1. The van der Waals surface area contributed by atoms with E-state index in [1.54, 1.807) is 11.0 Å². The molecular formula is C26H23ClF3N3O5S. The van der Waals surface area contributed by atoms with Crippen molar-refractivity contribution in [1.29, 1.82) is 0 Å². The third kappa shape index (κ3) is 5.82. The summed E-state index contributed by atoms with van der Waals surface area (Å²) in [6, 6.07) is 13.3. The van der Waals surface area contributed by atoms with E-state index in [4.69, 9.17) is 16.3 Å². The van der Waals surface area contributed by atoms with Crippen LogP contribution in [0, 0.1) is 0 Å². The summed E-state index contributed by atoms with van der Waals surface area (Å²) in [5, 5.41) is 9.61. The summed E-state index contributed by atoms with van der Waals surface area (Å²) in [7, 11) is -4.38. The monoisotopic (exact) mass is 581 g/mol. The molecule has 2 N–H and O–H groups in total. The average molecular weight is 582 g/mol. The number of sulfonamides is 1. The molecule has 2 aromatic carbocycles. The molecule has 1 saturated carbocycles. The quantitative estimate of drug-likeness (QED) is 0.425. The molecule has 1 aromatic heterocycles. The van der Waals surface area contributed by atoms with E-state index in [2.05, 4.69) is 4.98 Å². The molecule has 206 valence electrons. The normalized spacial score (nSPS) is 18.6. The molecule has 0 spiro atoms. The number of nitrogens with one attached hydrogen (secondary N) is 1. The van der Waals surface area contributed by atoms with Gasteiger partial charge in [-0.3, -0.25) is 4.79 Å². The van der Waals surface area contributed by atoms with E-state index in [9.17, 15) is 31.5 Å². The number of rotatable bonds is 7. The molecule has 1 atom stereocenters. The van der Waals surface area contributed by atoms with Gasteiger partial charge in [0.2, 0.25) is 0 Å². The third-order valence-corrected chi connectivity index (χ3v) is 8.03. The van der Waals surface area contributed by atoms with Gasteiger partial charge in [-0.05, 0) is 54.4 Å². The number of carbonyl (C=O) groups excluding carboxylic acids is 1. The standard InChI is InChI=1S/C26H23ClF3N3O5S/c27-18-7-8-20(16-3-1-4-17(13-16)26(28,29)30)21(14-18)38-25(10-11-25)24(35)32-39(36,37)23-6-2-5-22(31-23)33-12-9-19(34)15-33/h1-8,13-14,19,34H,9-12,15H2,(H,32,35)/t19-/m0/s1. The SMILES string of the molecule is O=C(NS(=O)(=O)c1cccc(N2CC[C@H](O)C2)n1)C1(Oc2cc(Cl)ccc2-c2cccc(C(F)(F)F)c2)CC1. The van der Waals surface area contributed by atoms with E-state index in [0.717, 1.165) is 12.1 Å². The van der Waals surface area contributed by atoms with Crippen molar-refractivity contribution in [2.24, 2.45) is 0 Å². The van der Waals surface area contributed by atoms with E-state index in [1.165, 1.54) is 42.5 Å². The highest BCUT2D eigenvalue weighted by Crippen LogP contribution is 2.45. The largest absolute Gasteiger partial charge is 0.477 e. The molecule has 8 nitrogen and oxygen atoms in total. The van der Waals surface area contributed by atoms with Gasteiger partial charge >= 0.3 is 6.18 Å². The zero-order valence-corrected chi connectivity index (χ0v) is 21.9. The number of ether oxygens (including phenoxy) is 1. The van der Waals surface area contributed by atoms with Gasteiger partial charge in [-0.25, -0.2) is 9.71 Å². The minimum atomic E-state index is -4.56. The van der Waals surface area contributed by atoms with Crippen LogP contribution < -0.4 is 14.4 Å². The number of β-amino-alcohol motifs (C(OH)–C–C–N with tert-alkyl or cyclic N) is 1. The first-order chi connectivity index (χ1) is 18.4. The smallest absolute Gasteiger partial charge is 0.416 e. The van der Waals surface area contributed by atoms with Gasteiger partial charge < -0.3 is 14.7 Å². The van der Waals surface area contributed by atoms with Gasteiger partial charge in [-0.15, -0.1) is 0 Å². The number of hydrogen-bond donors (Lipinski definition) is 2. The number of aliphatic hydroxyl groups excluding tert-OH is 1. The van der Waals surface area contributed by atoms with Crippen LogP contribution in [0.4, 0.5) is 19.0 Å². The van der Waals surface area contributed by atoms with Crippen molar-refractivity contribution in [2.75, 3.05) is 18.0 Å². The molecular weight excluding hydrogens is 559 g/mol. The van der Waals surface area contributed by atoms with Crippen LogP contribution in [0.15, 0.2) is 65.7 Å². The Morgan fingerprint density at radius 3 is 2.54 bits per heavy atom. The molecule has 2 heterocycles. The summed E-state index contributed by atoms with van der Waals surface area (Å²) in [5.41, 5.74) is -1.96. The van der Waals surface area contributed by atoms with E-state index < -0.39 is 39.4 Å². The highest BCUT2D eigenvalue weighted by Gasteiger charge is 2.54. The Balaban J connectivity index is 1.38. The lowest BCUT2D eigenvalue weighted by Crippen LogP contribution is -2.43. The summed E-state index contributed by atoms with van der Waals surface area (Å²) >= 11 is 6.12. The first kappa shape index (κ1) is 27.2. The third-order valence-electron chi connectivity index (χ3n) is 6.57. The second kappa shape index (κ2) is 10.00. The Morgan fingerprint density at radius 1 is 1.13 bits per heavy atom. The number of nitrogens with zero attached hydrogens (tertiary/aromatic N) is 2. The second-order valence-electron chi connectivity index (χ2n) is 9.47. The second-order valence-corrected chi connectivity index (χ2v) is 11.5. The number of hydrogen-bond acceptors (Lipinski definition) is 7. The van der Waals surface area contributed by atoms with Crippen LogP contribution >= 0.6 is 11.6 Å². The van der Waals surface area contributed by atoms with Crippen LogP contribution in [0.3, 0.4) is 0 Å². The number of halogens is 4. The van der Waals surface area contributed by atoms with Gasteiger partial charge in [0.1, 0.15) is 11.6 Å². The van der Waals surface area contributed by atoms with Crippen LogP contribution in [-0.4, -0.2) is 49.2 Å². The zero-order valence-electron chi connectivity index (χ0n) is 20.3. The topological polar surface area (TPSA) is 109 Å². The highest BCUT2D eigenvalue weighted by atomic mass is 35.5. The predicted molar refractivity (Wildman–Crippen MR) is 137 cm³/mol. The lowest BCUT2D eigenvalue weighted by atomic mass is 10.0. The number of anilines is 1. The predicted octanol–water partition coefficient (Wildman–Crippen LogP) is 4.41. The van der Waals surface area contributed by atoms with Crippen LogP contribution in [0.1, 0.15) is 24.8 Å². The average Bonchev–Trinajstić information content (AvgIpc) is 3.54. The van der Waals surface area contributed by atoms with Crippen molar-refractivity contribution in [2.45, 2.75) is 42.2 Å². The summed E-state index contributed by atoms with van der Waals surface area (Å²) in [6.07, 6.45) is -4.20. The molecule has 13 heteroatoms.